The van der Waals surface area contributed by atoms with E-state index in [-0.39, 0.29) is 31.1 Å². The van der Waals surface area contributed by atoms with Crippen LogP contribution in [0.4, 0.5) is 0 Å². The van der Waals surface area contributed by atoms with Crippen molar-refractivity contribution >= 4 is 17.9 Å². The fraction of sp³-hybridized carbons (Fsp3) is 0.831. The number of carbonyl (C=O) groups excluding carboxylic acids is 3. The third-order valence-corrected chi connectivity index (χ3v) is 13.8. The topological polar surface area (TPSA) is 78.9 Å². The van der Waals surface area contributed by atoms with Crippen molar-refractivity contribution in [3.8, 4) is 0 Å². The van der Waals surface area contributed by atoms with Crippen molar-refractivity contribution in [3.05, 3.63) is 48.6 Å². The van der Waals surface area contributed by atoms with Crippen LogP contribution in [0.1, 0.15) is 329 Å². The number of unbranched alkanes of at least 4 members (excludes halogenated alkanes) is 38. The monoisotopic (exact) mass is 995 g/mol. The Balaban J connectivity index is 4.20. The van der Waals surface area contributed by atoms with Crippen molar-refractivity contribution in [2.75, 3.05) is 13.2 Å². The molecule has 414 valence electrons. The Morgan fingerprint density at radius 1 is 0.282 bits per heavy atom. The van der Waals surface area contributed by atoms with Crippen molar-refractivity contribution < 1.29 is 28.6 Å². The van der Waals surface area contributed by atoms with Gasteiger partial charge in [-0.2, -0.15) is 0 Å². The Hall–Kier alpha value is -2.63. The molecule has 0 amide bonds. The van der Waals surface area contributed by atoms with E-state index < -0.39 is 6.10 Å². The van der Waals surface area contributed by atoms with Gasteiger partial charge in [0.1, 0.15) is 13.2 Å². The first-order valence-electron chi connectivity index (χ1n) is 31.1. The van der Waals surface area contributed by atoms with Gasteiger partial charge in [-0.1, -0.05) is 275 Å². The van der Waals surface area contributed by atoms with E-state index in [1.165, 1.54) is 212 Å². The molecule has 0 aromatic heterocycles. The summed E-state index contributed by atoms with van der Waals surface area (Å²) in [7, 11) is 0. The molecule has 0 N–H and O–H groups in total. The average molecular weight is 996 g/mol. The average Bonchev–Trinajstić information content (AvgIpc) is 3.37. The molecule has 0 spiro atoms. The minimum atomic E-state index is -0.777. The van der Waals surface area contributed by atoms with Crippen LogP contribution in [0.3, 0.4) is 0 Å². The highest BCUT2D eigenvalue weighted by atomic mass is 16.6. The molecule has 71 heavy (non-hydrogen) atoms. The van der Waals surface area contributed by atoms with Crippen molar-refractivity contribution in [2.24, 2.45) is 0 Å². The van der Waals surface area contributed by atoms with Crippen LogP contribution in [0, 0.1) is 0 Å². The van der Waals surface area contributed by atoms with Gasteiger partial charge >= 0.3 is 17.9 Å². The largest absolute Gasteiger partial charge is 0.462 e. The molecule has 0 radical (unpaired) electrons. The zero-order valence-electron chi connectivity index (χ0n) is 47.5. The van der Waals surface area contributed by atoms with Gasteiger partial charge in [0.2, 0.25) is 0 Å². The first-order valence-corrected chi connectivity index (χ1v) is 31.1. The first kappa shape index (κ1) is 68.4. The number of hydrogen-bond donors (Lipinski definition) is 0. The van der Waals surface area contributed by atoms with Crippen molar-refractivity contribution in [1.29, 1.82) is 0 Å². The maximum atomic E-state index is 12.9. The smallest absolute Gasteiger partial charge is 0.306 e. The fourth-order valence-corrected chi connectivity index (χ4v) is 9.09. The Morgan fingerprint density at radius 2 is 0.507 bits per heavy atom. The highest BCUT2D eigenvalue weighted by molar-refractivity contribution is 5.71. The summed E-state index contributed by atoms with van der Waals surface area (Å²) in [5, 5.41) is 0. The van der Waals surface area contributed by atoms with Crippen LogP contribution < -0.4 is 0 Å². The second-order valence-electron chi connectivity index (χ2n) is 21.0. The molecular formula is C65H118O6. The maximum Gasteiger partial charge on any atom is 0.306 e. The number of ether oxygens (including phenoxy) is 3. The van der Waals surface area contributed by atoms with Crippen LogP contribution in [0.15, 0.2) is 48.6 Å². The molecule has 1 unspecified atom stereocenters. The molecule has 0 aromatic carbocycles. The van der Waals surface area contributed by atoms with E-state index in [0.717, 1.165) is 77.0 Å². The van der Waals surface area contributed by atoms with Gasteiger partial charge in [-0.3, -0.25) is 14.4 Å². The summed E-state index contributed by atoms with van der Waals surface area (Å²) in [5.41, 5.74) is 0. The van der Waals surface area contributed by atoms with Gasteiger partial charge in [0, 0.05) is 19.3 Å². The Bertz CT molecular complexity index is 1230. The van der Waals surface area contributed by atoms with Gasteiger partial charge in [-0.15, -0.1) is 0 Å². The minimum Gasteiger partial charge on any atom is -0.462 e. The van der Waals surface area contributed by atoms with E-state index >= 15 is 0 Å². The second kappa shape index (κ2) is 59.9. The third kappa shape index (κ3) is 58.1. The van der Waals surface area contributed by atoms with Crippen LogP contribution in [-0.4, -0.2) is 37.2 Å². The molecule has 0 rings (SSSR count). The van der Waals surface area contributed by atoms with Gasteiger partial charge in [0.15, 0.2) is 6.10 Å². The summed E-state index contributed by atoms with van der Waals surface area (Å²) < 4.78 is 16.9. The molecule has 0 aliphatic carbocycles. The van der Waals surface area contributed by atoms with Crippen LogP contribution in [0.2, 0.25) is 0 Å². The molecule has 6 heteroatoms. The molecular weight excluding hydrogens is 877 g/mol. The van der Waals surface area contributed by atoms with E-state index in [4.69, 9.17) is 14.2 Å². The summed E-state index contributed by atoms with van der Waals surface area (Å²) in [6.45, 7) is 6.62. The fourth-order valence-electron chi connectivity index (χ4n) is 9.09. The predicted octanol–water partition coefficient (Wildman–Crippen LogP) is 21.0. The second-order valence-corrected chi connectivity index (χ2v) is 21.0. The Kier molecular flexibility index (Phi) is 57.7. The molecule has 0 aliphatic heterocycles. The molecule has 0 fully saturated rings. The summed E-state index contributed by atoms with van der Waals surface area (Å²) >= 11 is 0. The lowest BCUT2D eigenvalue weighted by Gasteiger charge is -2.18. The summed E-state index contributed by atoms with van der Waals surface area (Å²) in [4.78, 5) is 38.1. The van der Waals surface area contributed by atoms with Crippen molar-refractivity contribution in [1.82, 2.24) is 0 Å². The summed E-state index contributed by atoms with van der Waals surface area (Å²) in [6.07, 6.45) is 74.1. The lowest BCUT2D eigenvalue weighted by molar-refractivity contribution is -0.167. The van der Waals surface area contributed by atoms with Crippen LogP contribution >= 0.6 is 0 Å². The van der Waals surface area contributed by atoms with Gasteiger partial charge in [0.25, 0.3) is 0 Å². The molecule has 0 heterocycles. The van der Waals surface area contributed by atoms with Crippen molar-refractivity contribution in [3.63, 3.8) is 0 Å². The summed E-state index contributed by atoms with van der Waals surface area (Å²) in [6, 6.07) is 0. The number of carbonyl (C=O) groups is 3. The Morgan fingerprint density at radius 3 is 0.831 bits per heavy atom. The van der Waals surface area contributed by atoms with Crippen LogP contribution in [-0.2, 0) is 28.6 Å². The molecule has 0 saturated carbocycles. The molecule has 0 saturated heterocycles. The number of rotatable bonds is 57. The Labute approximate surface area is 441 Å². The normalized spacial score (nSPS) is 12.3. The van der Waals surface area contributed by atoms with E-state index in [2.05, 4.69) is 69.4 Å². The zero-order valence-corrected chi connectivity index (χ0v) is 47.5. The molecule has 0 aliphatic rings. The molecule has 1 atom stereocenters. The molecule has 0 aromatic rings. The van der Waals surface area contributed by atoms with Gasteiger partial charge in [0.05, 0.1) is 0 Å². The molecule has 0 bridgehead atoms. The maximum absolute atomic E-state index is 12.9. The SMILES string of the molecule is CCCCC/C=C\C/C=C\C/C=C\CCCCCCCCC(=O)OC(COC(=O)CCCCCCCCCCC)COC(=O)CCCCCCCCCCCCCCC/C=C\CCCCCCCCCC. The highest BCUT2D eigenvalue weighted by Gasteiger charge is 2.19. The third-order valence-electron chi connectivity index (χ3n) is 13.8. The van der Waals surface area contributed by atoms with Gasteiger partial charge < -0.3 is 14.2 Å². The summed E-state index contributed by atoms with van der Waals surface area (Å²) in [5.74, 6) is -0.875. The lowest BCUT2D eigenvalue weighted by atomic mass is 10.0. The van der Waals surface area contributed by atoms with Crippen LogP contribution in [0.5, 0.6) is 0 Å². The lowest BCUT2D eigenvalue weighted by Crippen LogP contribution is -2.30. The quantitative estimate of drug-likeness (QED) is 0.0261. The van der Waals surface area contributed by atoms with E-state index in [9.17, 15) is 14.4 Å². The van der Waals surface area contributed by atoms with Crippen molar-refractivity contribution in [2.45, 2.75) is 335 Å². The van der Waals surface area contributed by atoms with E-state index in [1.54, 1.807) is 0 Å². The standard InChI is InChI=1S/C65H118O6/c1-4-7-10-13-16-19-21-23-25-27-29-30-31-32-33-34-36-37-39-41-43-46-49-52-55-58-64(67)70-61-62(60-69-63(66)57-54-51-48-45-18-15-12-9-6-3)71-65(68)59-56-53-50-47-44-42-40-38-35-28-26-24-22-20-17-14-11-8-5-2/h17,20,24,26-27,29,35,38,62H,4-16,18-19,21-23,25,28,30-34,36-37,39-61H2,1-3H3/b20-17-,26-24-,29-27-,38-35-. The van der Waals surface area contributed by atoms with E-state index in [0.29, 0.717) is 19.3 Å². The number of allylic oxidation sites excluding steroid dienone is 8. The van der Waals surface area contributed by atoms with Crippen LogP contribution in [0.25, 0.3) is 0 Å². The van der Waals surface area contributed by atoms with Gasteiger partial charge in [-0.05, 0) is 83.5 Å². The van der Waals surface area contributed by atoms with Gasteiger partial charge in [-0.25, -0.2) is 0 Å². The predicted molar refractivity (Wildman–Crippen MR) is 307 cm³/mol. The minimum absolute atomic E-state index is 0.0755. The van der Waals surface area contributed by atoms with E-state index in [1.807, 2.05) is 0 Å². The number of esters is 3. The molecule has 6 nitrogen and oxygen atoms in total. The number of hydrogen-bond acceptors (Lipinski definition) is 6. The highest BCUT2D eigenvalue weighted by Crippen LogP contribution is 2.17. The first-order chi connectivity index (χ1) is 35.0. The zero-order chi connectivity index (χ0) is 51.4.